The van der Waals surface area contributed by atoms with Gasteiger partial charge in [0.05, 0.1) is 31.5 Å². The number of amides is 1. The third-order valence-corrected chi connectivity index (χ3v) is 3.63. The smallest absolute Gasteiger partial charge is 0.227 e. The highest BCUT2D eigenvalue weighted by molar-refractivity contribution is 5.79. The van der Waals surface area contributed by atoms with Gasteiger partial charge in [0.1, 0.15) is 11.9 Å². The Kier molecular flexibility index (Phi) is 4.39. The van der Waals surface area contributed by atoms with E-state index in [1.165, 1.54) is 6.07 Å². The fraction of sp³-hybridized carbons (Fsp3) is 0.312. The molecule has 1 amide bonds. The second-order valence-electron chi connectivity index (χ2n) is 5.10. The van der Waals surface area contributed by atoms with E-state index < -0.39 is 0 Å². The topological polar surface area (TPSA) is 55.3 Å². The van der Waals surface area contributed by atoms with Crippen LogP contribution in [0, 0.1) is 5.82 Å². The van der Waals surface area contributed by atoms with Crippen molar-refractivity contribution in [2.75, 3.05) is 19.7 Å². The zero-order valence-electron chi connectivity index (χ0n) is 12.0. The first-order valence-corrected chi connectivity index (χ1v) is 7.13. The predicted molar refractivity (Wildman–Crippen MR) is 77.4 cm³/mol. The number of nitrogens with zero attached hydrogens (tertiary/aromatic N) is 3. The third-order valence-electron chi connectivity index (χ3n) is 3.63. The number of ether oxygens (including phenoxy) is 1. The van der Waals surface area contributed by atoms with Gasteiger partial charge in [-0.2, -0.15) is 0 Å². The minimum absolute atomic E-state index is 0.0554. The summed E-state index contributed by atoms with van der Waals surface area (Å²) in [6.45, 7) is 1.35. The van der Waals surface area contributed by atoms with Gasteiger partial charge in [-0.3, -0.25) is 14.8 Å². The molecule has 114 valence electrons. The first-order valence-electron chi connectivity index (χ1n) is 7.13. The van der Waals surface area contributed by atoms with Crippen LogP contribution in [0.5, 0.6) is 0 Å². The molecule has 0 bridgehead atoms. The number of hydrogen-bond donors (Lipinski definition) is 0. The Labute approximate surface area is 127 Å². The second kappa shape index (κ2) is 6.62. The molecule has 0 radical (unpaired) electrons. The van der Waals surface area contributed by atoms with Gasteiger partial charge in [0.15, 0.2) is 0 Å². The van der Waals surface area contributed by atoms with Gasteiger partial charge in [-0.15, -0.1) is 0 Å². The summed E-state index contributed by atoms with van der Waals surface area (Å²) in [5, 5.41) is 0. The molecule has 1 aliphatic rings. The number of carbonyl (C=O) groups is 1. The van der Waals surface area contributed by atoms with Crippen LogP contribution in [-0.2, 0) is 16.0 Å². The highest BCUT2D eigenvalue weighted by Gasteiger charge is 2.26. The highest BCUT2D eigenvalue weighted by atomic mass is 19.1. The van der Waals surface area contributed by atoms with E-state index in [0.717, 1.165) is 0 Å². The largest absolute Gasteiger partial charge is 0.368 e. The van der Waals surface area contributed by atoms with E-state index in [0.29, 0.717) is 31.0 Å². The fourth-order valence-corrected chi connectivity index (χ4v) is 2.45. The van der Waals surface area contributed by atoms with Gasteiger partial charge >= 0.3 is 0 Å². The van der Waals surface area contributed by atoms with Gasteiger partial charge in [0.2, 0.25) is 5.91 Å². The highest BCUT2D eigenvalue weighted by Crippen LogP contribution is 2.20. The number of morpholine rings is 1. The van der Waals surface area contributed by atoms with Crippen molar-refractivity contribution in [1.82, 2.24) is 14.9 Å². The summed E-state index contributed by atoms with van der Waals surface area (Å²) in [5.74, 6) is -0.461. The molecule has 6 heteroatoms. The van der Waals surface area contributed by atoms with Gasteiger partial charge in [0, 0.05) is 18.9 Å². The molecular formula is C16H16FN3O2. The van der Waals surface area contributed by atoms with Gasteiger partial charge in [-0.25, -0.2) is 4.39 Å². The lowest BCUT2D eigenvalue weighted by molar-refractivity contribution is -0.138. The summed E-state index contributed by atoms with van der Waals surface area (Å²) in [5.41, 5.74) is 1.11. The first-order chi connectivity index (χ1) is 10.7. The lowest BCUT2D eigenvalue weighted by Crippen LogP contribution is -2.43. The zero-order chi connectivity index (χ0) is 15.4. The Hall–Kier alpha value is -2.34. The average molecular weight is 301 g/mol. The van der Waals surface area contributed by atoms with Crippen molar-refractivity contribution in [2.24, 2.45) is 0 Å². The molecule has 1 atom stereocenters. The Bertz CT molecular complexity index is 651. The van der Waals surface area contributed by atoms with Crippen molar-refractivity contribution in [3.8, 4) is 0 Å². The van der Waals surface area contributed by atoms with E-state index in [9.17, 15) is 9.18 Å². The van der Waals surface area contributed by atoms with Crippen LogP contribution in [0.15, 0.2) is 42.9 Å². The number of aromatic nitrogens is 2. The molecule has 22 heavy (non-hydrogen) atoms. The Morgan fingerprint density at radius 3 is 3.00 bits per heavy atom. The van der Waals surface area contributed by atoms with Crippen LogP contribution in [-0.4, -0.2) is 40.5 Å². The van der Waals surface area contributed by atoms with E-state index in [-0.39, 0.29) is 24.2 Å². The molecule has 3 rings (SSSR count). The predicted octanol–water partition coefficient (Wildman–Crippen LogP) is 1.76. The molecule has 2 aromatic rings. The van der Waals surface area contributed by atoms with Gasteiger partial charge in [-0.05, 0) is 11.6 Å². The van der Waals surface area contributed by atoms with Crippen molar-refractivity contribution < 1.29 is 13.9 Å². The normalized spacial score (nSPS) is 18.2. The van der Waals surface area contributed by atoms with Crippen LogP contribution >= 0.6 is 0 Å². The standard InChI is InChI=1S/C16H16FN3O2/c17-13-4-2-1-3-12(13)9-16(21)20-7-8-22-15(11-20)14-10-18-5-6-19-14/h1-6,10,15H,7-9,11H2/t15-/m0/s1. The van der Waals surface area contributed by atoms with E-state index in [1.807, 2.05) is 0 Å². The average Bonchev–Trinajstić information content (AvgIpc) is 2.58. The van der Waals surface area contributed by atoms with E-state index in [2.05, 4.69) is 9.97 Å². The molecule has 0 aliphatic carbocycles. The van der Waals surface area contributed by atoms with Gasteiger partial charge < -0.3 is 9.64 Å². The Balaban J connectivity index is 1.67. The summed E-state index contributed by atoms with van der Waals surface area (Å²) in [6, 6.07) is 6.34. The molecule has 1 aliphatic heterocycles. The second-order valence-corrected chi connectivity index (χ2v) is 5.10. The van der Waals surface area contributed by atoms with Crippen LogP contribution < -0.4 is 0 Å². The van der Waals surface area contributed by atoms with E-state index in [1.54, 1.807) is 41.7 Å². The third kappa shape index (κ3) is 3.28. The number of hydrogen-bond acceptors (Lipinski definition) is 4. The van der Waals surface area contributed by atoms with Crippen LogP contribution in [0.2, 0.25) is 0 Å². The molecule has 1 aromatic heterocycles. The van der Waals surface area contributed by atoms with E-state index >= 15 is 0 Å². The minimum Gasteiger partial charge on any atom is -0.368 e. The molecule has 1 aromatic carbocycles. The lowest BCUT2D eigenvalue weighted by atomic mass is 10.1. The molecule has 1 fully saturated rings. The van der Waals surface area contributed by atoms with Crippen molar-refractivity contribution in [3.05, 3.63) is 59.9 Å². The molecule has 0 N–H and O–H groups in total. The fourth-order valence-electron chi connectivity index (χ4n) is 2.45. The molecular weight excluding hydrogens is 285 g/mol. The Morgan fingerprint density at radius 2 is 2.23 bits per heavy atom. The molecule has 0 saturated carbocycles. The quantitative estimate of drug-likeness (QED) is 0.867. The van der Waals surface area contributed by atoms with Gasteiger partial charge in [-0.1, -0.05) is 18.2 Å². The zero-order valence-corrected chi connectivity index (χ0v) is 12.0. The van der Waals surface area contributed by atoms with Crippen LogP contribution in [0.4, 0.5) is 4.39 Å². The monoisotopic (exact) mass is 301 g/mol. The number of carbonyl (C=O) groups excluding carboxylic acids is 1. The number of benzene rings is 1. The molecule has 2 heterocycles. The van der Waals surface area contributed by atoms with E-state index in [4.69, 9.17) is 4.74 Å². The number of rotatable bonds is 3. The summed E-state index contributed by atoms with van der Waals surface area (Å²) in [7, 11) is 0. The summed E-state index contributed by atoms with van der Waals surface area (Å²) >= 11 is 0. The van der Waals surface area contributed by atoms with Crippen molar-refractivity contribution in [1.29, 1.82) is 0 Å². The lowest BCUT2D eigenvalue weighted by Gasteiger charge is -2.32. The summed E-state index contributed by atoms with van der Waals surface area (Å²) in [4.78, 5) is 22.3. The molecule has 1 saturated heterocycles. The maximum Gasteiger partial charge on any atom is 0.227 e. The van der Waals surface area contributed by atoms with Crippen LogP contribution in [0.1, 0.15) is 17.4 Å². The minimum atomic E-state index is -0.352. The first kappa shape index (κ1) is 14.6. The van der Waals surface area contributed by atoms with Crippen LogP contribution in [0.25, 0.3) is 0 Å². The molecule has 0 spiro atoms. The summed E-state index contributed by atoms with van der Waals surface area (Å²) < 4.78 is 19.3. The van der Waals surface area contributed by atoms with Crippen molar-refractivity contribution in [3.63, 3.8) is 0 Å². The molecule has 0 unspecified atom stereocenters. The van der Waals surface area contributed by atoms with Gasteiger partial charge in [0.25, 0.3) is 0 Å². The van der Waals surface area contributed by atoms with Crippen LogP contribution in [0.3, 0.4) is 0 Å². The number of halogens is 1. The maximum atomic E-state index is 13.6. The molecule has 5 nitrogen and oxygen atoms in total. The Morgan fingerprint density at radius 1 is 1.36 bits per heavy atom. The summed E-state index contributed by atoms with van der Waals surface area (Å²) in [6.07, 6.45) is 4.59. The van der Waals surface area contributed by atoms with Crippen molar-refractivity contribution >= 4 is 5.91 Å². The van der Waals surface area contributed by atoms with Crippen molar-refractivity contribution in [2.45, 2.75) is 12.5 Å². The SMILES string of the molecule is O=C(Cc1ccccc1F)N1CCO[C@H](c2cnccn2)C1. The maximum absolute atomic E-state index is 13.6.